The molecule has 0 aliphatic heterocycles. The molecular formula is C15H20N2O3. The fraction of sp³-hybridized carbons (Fsp3) is 0.400. The molecular weight excluding hydrogens is 256 g/mol. The van der Waals surface area contributed by atoms with E-state index >= 15 is 0 Å². The smallest absolute Gasteiger partial charge is 0.161 e. The van der Waals surface area contributed by atoms with Gasteiger partial charge in [0.2, 0.25) is 0 Å². The molecule has 108 valence electrons. The highest BCUT2D eigenvalue weighted by Crippen LogP contribution is 2.29. The summed E-state index contributed by atoms with van der Waals surface area (Å²) in [6.45, 7) is 4.63. The number of ether oxygens (including phenoxy) is 2. The molecule has 5 nitrogen and oxygen atoms in total. The second-order valence-electron chi connectivity index (χ2n) is 4.65. The van der Waals surface area contributed by atoms with E-state index in [0.29, 0.717) is 6.54 Å². The van der Waals surface area contributed by atoms with Crippen molar-refractivity contribution in [3.05, 3.63) is 41.3 Å². The van der Waals surface area contributed by atoms with Gasteiger partial charge in [-0.15, -0.1) is 0 Å². The predicted molar refractivity (Wildman–Crippen MR) is 76.0 cm³/mol. The third-order valence-corrected chi connectivity index (χ3v) is 3.17. The lowest BCUT2D eigenvalue weighted by Crippen LogP contribution is -2.17. The lowest BCUT2D eigenvalue weighted by molar-refractivity contribution is 0.352. The lowest BCUT2D eigenvalue weighted by Gasteiger charge is -2.15. The molecule has 0 aliphatic carbocycles. The van der Waals surface area contributed by atoms with Crippen molar-refractivity contribution in [1.29, 1.82) is 0 Å². The van der Waals surface area contributed by atoms with Crippen LogP contribution in [0.1, 0.15) is 30.0 Å². The standard InChI is InChI=1S/C15H20N2O3/c1-10-7-13(20-17-10)9-16-11(2)12-5-6-14(18-3)15(8-12)19-4/h5-8,11,16H,9H2,1-4H3. The van der Waals surface area contributed by atoms with E-state index < -0.39 is 0 Å². The van der Waals surface area contributed by atoms with Crippen molar-refractivity contribution in [2.75, 3.05) is 14.2 Å². The minimum atomic E-state index is 0.167. The highest BCUT2D eigenvalue weighted by molar-refractivity contribution is 5.43. The van der Waals surface area contributed by atoms with Crippen molar-refractivity contribution in [2.45, 2.75) is 26.4 Å². The first-order chi connectivity index (χ1) is 9.63. The zero-order valence-electron chi connectivity index (χ0n) is 12.3. The molecule has 0 saturated carbocycles. The van der Waals surface area contributed by atoms with E-state index in [0.717, 1.165) is 28.5 Å². The van der Waals surface area contributed by atoms with Gasteiger partial charge >= 0.3 is 0 Å². The summed E-state index contributed by atoms with van der Waals surface area (Å²) in [4.78, 5) is 0. The molecule has 0 spiro atoms. The van der Waals surface area contributed by atoms with Crippen LogP contribution in [0.25, 0.3) is 0 Å². The number of aryl methyl sites for hydroxylation is 1. The van der Waals surface area contributed by atoms with Gasteiger partial charge in [-0.2, -0.15) is 0 Å². The number of methoxy groups -OCH3 is 2. The Bertz CT molecular complexity index is 566. The van der Waals surface area contributed by atoms with E-state index in [4.69, 9.17) is 14.0 Å². The van der Waals surface area contributed by atoms with E-state index in [-0.39, 0.29) is 6.04 Å². The first-order valence-electron chi connectivity index (χ1n) is 6.51. The molecule has 2 aromatic rings. The van der Waals surface area contributed by atoms with Crippen LogP contribution in [0.15, 0.2) is 28.8 Å². The van der Waals surface area contributed by atoms with Gasteiger partial charge in [-0.1, -0.05) is 11.2 Å². The number of nitrogens with one attached hydrogen (secondary N) is 1. The van der Waals surface area contributed by atoms with Crippen molar-refractivity contribution in [1.82, 2.24) is 10.5 Å². The van der Waals surface area contributed by atoms with Gasteiger partial charge in [0, 0.05) is 12.1 Å². The second kappa shape index (κ2) is 6.43. The first-order valence-corrected chi connectivity index (χ1v) is 6.51. The van der Waals surface area contributed by atoms with Gasteiger partial charge in [-0.3, -0.25) is 0 Å². The largest absolute Gasteiger partial charge is 0.493 e. The lowest BCUT2D eigenvalue weighted by atomic mass is 10.1. The first kappa shape index (κ1) is 14.4. The quantitative estimate of drug-likeness (QED) is 0.879. The summed E-state index contributed by atoms with van der Waals surface area (Å²) in [7, 11) is 3.27. The Balaban J connectivity index is 2.03. The van der Waals surface area contributed by atoms with Gasteiger partial charge in [-0.05, 0) is 31.5 Å². The Kier molecular flexibility index (Phi) is 4.63. The van der Waals surface area contributed by atoms with Crippen molar-refractivity contribution in [3.8, 4) is 11.5 Å². The number of nitrogens with zero attached hydrogens (tertiary/aromatic N) is 1. The maximum Gasteiger partial charge on any atom is 0.161 e. The average molecular weight is 276 g/mol. The Morgan fingerprint density at radius 2 is 1.95 bits per heavy atom. The molecule has 1 unspecified atom stereocenters. The summed E-state index contributed by atoms with van der Waals surface area (Å²) in [5.41, 5.74) is 2.01. The van der Waals surface area contributed by atoms with Gasteiger partial charge < -0.3 is 19.3 Å². The fourth-order valence-electron chi connectivity index (χ4n) is 1.99. The van der Waals surface area contributed by atoms with E-state index in [9.17, 15) is 0 Å². The average Bonchev–Trinajstić information content (AvgIpc) is 2.89. The van der Waals surface area contributed by atoms with Crippen molar-refractivity contribution in [2.24, 2.45) is 0 Å². The van der Waals surface area contributed by atoms with Crippen LogP contribution >= 0.6 is 0 Å². The molecule has 20 heavy (non-hydrogen) atoms. The topological polar surface area (TPSA) is 56.5 Å². The van der Waals surface area contributed by atoms with Gasteiger partial charge in [-0.25, -0.2) is 0 Å². The number of hydrogen-bond acceptors (Lipinski definition) is 5. The molecule has 0 amide bonds. The Morgan fingerprint density at radius 3 is 2.55 bits per heavy atom. The SMILES string of the molecule is COc1ccc(C(C)NCc2cc(C)no2)cc1OC. The maximum absolute atomic E-state index is 5.31. The predicted octanol–water partition coefficient (Wildman–Crippen LogP) is 2.85. The maximum atomic E-state index is 5.31. The molecule has 1 aromatic heterocycles. The molecule has 0 fully saturated rings. The molecule has 0 radical (unpaired) electrons. The van der Waals surface area contributed by atoms with Crippen LogP contribution < -0.4 is 14.8 Å². The molecule has 1 N–H and O–H groups in total. The summed E-state index contributed by atoms with van der Waals surface area (Å²) < 4.78 is 15.7. The van der Waals surface area contributed by atoms with Crippen molar-refractivity contribution >= 4 is 0 Å². The van der Waals surface area contributed by atoms with E-state index in [1.54, 1.807) is 14.2 Å². The Morgan fingerprint density at radius 1 is 1.20 bits per heavy atom. The number of hydrogen-bond donors (Lipinski definition) is 1. The Labute approximate surface area is 118 Å². The van der Waals surface area contributed by atoms with Gasteiger partial charge in [0.25, 0.3) is 0 Å². The van der Waals surface area contributed by atoms with Gasteiger partial charge in [0.05, 0.1) is 26.5 Å². The number of rotatable bonds is 6. The fourth-order valence-corrected chi connectivity index (χ4v) is 1.99. The molecule has 5 heteroatoms. The Hall–Kier alpha value is -2.01. The molecule has 0 aliphatic rings. The third-order valence-electron chi connectivity index (χ3n) is 3.17. The molecule has 2 rings (SSSR count). The minimum absolute atomic E-state index is 0.167. The molecule has 1 atom stereocenters. The summed E-state index contributed by atoms with van der Waals surface area (Å²) in [6, 6.07) is 7.99. The van der Waals surface area contributed by atoms with Crippen molar-refractivity contribution in [3.63, 3.8) is 0 Å². The number of aromatic nitrogens is 1. The monoisotopic (exact) mass is 276 g/mol. The van der Waals surface area contributed by atoms with Crippen LogP contribution in [0.2, 0.25) is 0 Å². The van der Waals surface area contributed by atoms with Crippen LogP contribution in [0.5, 0.6) is 11.5 Å². The van der Waals surface area contributed by atoms with Crippen LogP contribution in [-0.4, -0.2) is 19.4 Å². The van der Waals surface area contributed by atoms with Gasteiger partial charge in [0.15, 0.2) is 17.3 Å². The molecule has 0 saturated heterocycles. The minimum Gasteiger partial charge on any atom is -0.493 e. The normalized spacial score (nSPS) is 12.2. The summed E-state index contributed by atoms with van der Waals surface area (Å²) in [5, 5.41) is 7.25. The summed E-state index contributed by atoms with van der Waals surface area (Å²) >= 11 is 0. The molecule has 0 bridgehead atoms. The van der Waals surface area contributed by atoms with Crippen LogP contribution in [0.4, 0.5) is 0 Å². The number of benzene rings is 1. The van der Waals surface area contributed by atoms with E-state index in [1.165, 1.54) is 0 Å². The molecule has 1 heterocycles. The van der Waals surface area contributed by atoms with E-state index in [1.807, 2.05) is 31.2 Å². The van der Waals surface area contributed by atoms with E-state index in [2.05, 4.69) is 17.4 Å². The molecule has 1 aromatic carbocycles. The van der Waals surface area contributed by atoms with Crippen LogP contribution in [0, 0.1) is 6.92 Å². The zero-order chi connectivity index (χ0) is 14.5. The van der Waals surface area contributed by atoms with Gasteiger partial charge in [0.1, 0.15) is 0 Å². The van der Waals surface area contributed by atoms with Crippen molar-refractivity contribution < 1.29 is 14.0 Å². The summed E-state index contributed by atoms with van der Waals surface area (Å²) in [5.74, 6) is 2.29. The second-order valence-corrected chi connectivity index (χ2v) is 4.65. The highest BCUT2D eigenvalue weighted by Gasteiger charge is 2.10. The highest BCUT2D eigenvalue weighted by atomic mass is 16.5. The van der Waals surface area contributed by atoms with Crippen LogP contribution in [0.3, 0.4) is 0 Å². The van der Waals surface area contributed by atoms with Crippen LogP contribution in [-0.2, 0) is 6.54 Å². The third kappa shape index (κ3) is 3.30. The zero-order valence-corrected chi connectivity index (χ0v) is 12.3. The summed E-state index contributed by atoms with van der Waals surface area (Å²) in [6.07, 6.45) is 0.